The van der Waals surface area contributed by atoms with Crippen LogP contribution in [-0.4, -0.2) is 39.3 Å². The lowest BCUT2D eigenvalue weighted by molar-refractivity contribution is 0.0834. The number of rotatable bonds is 5. The van der Waals surface area contributed by atoms with Crippen molar-refractivity contribution in [3.8, 4) is 0 Å². The zero-order valence-corrected chi connectivity index (χ0v) is 10.4. The highest BCUT2D eigenvalue weighted by molar-refractivity contribution is 5.92. The van der Waals surface area contributed by atoms with Gasteiger partial charge in [0.15, 0.2) is 0 Å². The Morgan fingerprint density at radius 3 is 2.89 bits per heavy atom. The molecule has 0 radical (unpaired) electrons. The van der Waals surface area contributed by atoms with Crippen LogP contribution in [0.25, 0.3) is 0 Å². The molecule has 0 bridgehead atoms. The number of aromatic nitrogens is 2. The molecule has 1 heterocycles. The second kappa shape index (κ2) is 5.49. The van der Waals surface area contributed by atoms with Crippen molar-refractivity contribution in [1.82, 2.24) is 14.9 Å². The minimum Gasteiger partial charge on any atom is -0.394 e. The molecule has 0 unspecified atom stereocenters. The molecule has 4 N–H and O–H groups in total. The molecule has 0 spiro atoms. The SMILES string of the molecule is NCCn1cnc(C(=O)NC2(CO)CCCC2)c1. The molecule has 100 valence electrons. The summed E-state index contributed by atoms with van der Waals surface area (Å²) in [6.07, 6.45) is 7.03. The maximum atomic E-state index is 12.1. The van der Waals surface area contributed by atoms with E-state index in [2.05, 4.69) is 10.3 Å². The molecule has 6 heteroatoms. The third-order valence-corrected chi connectivity index (χ3v) is 3.50. The van der Waals surface area contributed by atoms with Crippen LogP contribution in [0.5, 0.6) is 0 Å². The predicted octanol–water partition coefficient (Wildman–Crippen LogP) is -0.123. The molecule has 1 saturated carbocycles. The summed E-state index contributed by atoms with van der Waals surface area (Å²) < 4.78 is 1.79. The van der Waals surface area contributed by atoms with E-state index in [1.54, 1.807) is 17.1 Å². The van der Waals surface area contributed by atoms with Crippen molar-refractivity contribution in [2.75, 3.05) is 13.2 Å². The largest absolute Gasteiger partial charge is 0.394 e. The highest BCUT2D eigenvalue weighted by atomic mass is 16.3. The standard InChI is InChI=1S/C12H20N4O2/c13-5-6-16-7-10(14-9-16)11(18)15-12(8-17)3-1-2-4-12/h7,9,17H,1-6,8,13H2,(H,15,18). The molecular weight excluding hydrogens is 232 g/mol. The van der Waals surface area contributed by atoms with Gasteiger partial charge >= 0.3 is 0 Å². The van der Waals surface area contributed by atoms with Gasteiger partial charge in [0.1, 0.15) is 5.69 Å². The maximum Gasteiger partial charge on any atom is 0.271 e. The van der Waals surface area contributed by atoms with Gasteiger partial charge in [0.05, 0.1) is 18.5 Å². The van der Waals surface area contributed by atoms with Gasteiger partial charge in [-0.3, -0.25) is 4.79 Å². The van der Waals surface area contributed by atoms with Crippen LogP contribution in [0.3, 0.4) is 0 Å². The van der Waals surface area contributed by atoms with E-state index in [4.69, 9.17) is 5.73 Å². The molecule has 1 fully saturated rings. The number of carbonyl (C=O) groups is 1. The summed E-state index contributed by atoms with van der Waals surface area (Å²) in [7, 11) is 0. The van der Waals surface area contributed by atoms with E-state index >= 15 is 0 Å². The van der Waals surface area contributed by atoms with Crippen LogP contribution in [0, 0.1) is 0 Å². The van der Waals surface area contributed by atoms with Gasteiger partial charge in [-0.05, 0) is 12.8 Å². The highest BCUT2D eigenvalue weighted by Gasteiger charge is 2.35. The average molecular weight is 252 g/mol. The number of nitrogens with one attached hydrogen (secondary N) is 1. The topological polar surface area (TPSA) is 93.2 Å². The fourth-order valence-electron chi connectivity index (χ4n) is 2.43. The normalized spacial score (nSPS) is 17.9. The van der Waals surface area contributed by atoms with Gasteiger partial charge < -0.3 is 20.7 Å². The Hall–Kier alpha value is -1.40. The first kappa shape index (κ1) is 13.0. The number of nitrogens with zero attached hydrogens (tertiary/aromatic N) is 2. The molecule has 1 aliphatic carbocycles. The number of amides is 1. The molecule has 18 heavy (non-hydrogen) atoms. The van der Waals surface area contributed by atoms with Crippen LogP contribution in [0.1, 0.15) is 36.2 Å². The molecule has 0 aromatic carbocycles. The van der Waals surface area contributed by atoms with Gasteiger partial charge in [0.2, 0.25) is 0 Å². The average Bonchev–Trinajstić information content (AvgIpc) is 2.99. The zero-order chi connectivity index (χ0) is 13.0. The first-order valence-electron chi connectivity index (χ1n) is 6.34. The van der Waals surface area contributed by atoms with Crippen LogP contribution in [0.2, 0.25) is 0 Å². The Morgan fingerprint density at radius 2 is 2.28 bits per heavy atom. The van der Waals surface area contributed by atoms with Crippen molar-refractivity contribution in [2.45, 2.75) is 37.8 Å². The number of nitrogens with two attached hydrogens (primary N) is 1. The summed E-state index contributed by atoms with van der Waals surface area (Å²) in [4.78, 5) is 16.1. The lowest BCUT2D eigenvalue weighted by Gasteiger charge is -2.27. The number of carbonyl (C=O) groups excluding carboxylic acids is 1. The summed E-state index contributed by atoms with van der Waals surface area (Å²) in [6, 6.07) is 0. The second-order valence-electron chi connectivity index (χ2n) is 4.89. The summed E-state index contributed by atoms with van der Waals surface area (Å²) in [6.45, 7) is 1.14. The van der Waals surface area contributed by atoms with Crippen molar-refractivity contribution < 1.29 is 9.90 Å². The molecule has 2 rings (SSSR count). The van der Waals surface area contributed by atoms with Crippen molar-refractivity contribution >= 4 is 5.91 Å². The number of hydrogen-bond acceptors (Lipinski definition) is 4. The van der Waals surface area contributed by atoms with E-state index in [1.807, 2.05) is 0 Å². The maximum absolute atomic E-state index is 12.1. The minimum absolute atomic E-state index is 0.0117. The first-order chi connectivity index (χ1) is 8.69. The lowest BCUT2D eigenvalue weighted by Crippen LogP contribution is -2.49. The third-order valence-electron chi connectivity index (χ3n) is 3.50. The van der Waals surface area contributed by atoms with Crippen LogP contribution in [0.15, 0.2) is 12.5 Å². The lowest BCUT2D eigenvalue weighted by atomic mass is 9.99. The number of hydrogen-bond donors (Lipinski definition) is 3. The van der Waals surface area contributed by atoms with Gasteiger partial charge in [0, 0.05) is 19.3 Å². The fraction of sp³-hybridized carbons (Fsp3) is 0.667. The zero-order valence-electron chi connectivity index (χ0n) is 10.4. The Bertz CT molecular complexity index is 410. The minimum atomic E-state index is -0.450. The molecule has 1 aromatic rings. The second-order valence-corrected chi connectivity index (χ2v) is 4.89. The van der Waals surface area contributed by atoms with Crippen molar-refractivity contribution in [3.63, 3.8) is 0 Å². The van der Waals surface area contributed by atoms with E-state index in [0.717, 1.165) is 25.7 Å². The molecular formula is C12H20N4O2. The van der Waals surface area contributed by atoms with Crippen LogP contribution < -0.4 is 11.1 Å². The molecule has 0 saturated heterocycles. The summed E-state index contributed by atoms with van der Waals surface area (Å²) in [5.74, 6) is -0.221. The Morgan fingerprint density at radius 1 is 1.56 bits per heavy atom. The smallest absolute Gasteiger partial charge is 0.271 e. The number of aliphatic hydroxyl groups excluding tert-OH is 1. The van der Waals surface area contributed by atoms with E-state index < -0.39 is 5.54 Å². The summed E-state index contributed by atoms with van der Waals surface area (Å²) in [5, 5.41) is 12.4. The van der Waals surface area contributed by atoms with E-state index in [-0.39, 0.29) is 12.5 Å². The molecule has 1 aliphatic rings. The molecule has 0 aliphatic heterocycles. The van der Waals surface area contributed by atoms with Crippen LogP contribution in [-0.2, 0) is 6.54 Å². The predicted molar refractivity (Wildman–Crippen MR) is 67.0 cm³/mol. The van der Waals surface area contributed by atoms with Crippen molar-refractivity contribution in [2.24, 2.45) is 5.73 Å². The summed E-state index contributed by atoms with van der Waals surface area (Å²) >= 11 is 0. The van der Waals surface area contributed by atoms with Gasteiger partial charge in [-0.15, -0.1) is 0 Å². The van der Waals surface area contributed by atoms with Crippen molar-refractivity contribution in [3.05, 3.63) is 18.2 Å². The van der Waals surface area contributed by atoms with Crippen molar-refractivity contribution in [1.29, 1.82) is 0 Å². The Labute approximate surface area is 106 Å². The molecule has 1 aromatic heterocycles. The molecule has 6 nitrogen and oxygen atoms in total. The van der Waals surface area contributed by atoms with Gasteiger partial charge in [-0.1, -0.05) is 12.8 Å². The Kier molecular flexibility index (Phi) is 3.98. The number of imidazole rings is 1. The Balaban J connectivity index is 2.02. The quantitative estimate of drug-likeness (QED) is 0.681. The van der Waals surface area contributed by atoms with Gasteiger partial charge in [0.25, 0.3) is 5.91 Å². The molecule has 1 amide bonds. The van der Waals surface area contributed by atoms with Gasteiger partial charge in [-0.25, -0.2) is 4.98 Å². The van der Waals surface area contributed by atoms with Crippen LogP contribution >= 0.6 is 0 Å². The number of aliphatic hydroxyl groups is 1. The highest BCUT2D eigenvalue weighted by Crippen LogP contribution is 2.29. The fourth-order valence-corrected chi connectivity index (χ4v) is 2.43. The monoisotopic (exact) mass is 252 g/mol. The molecule has 0 atom stereocenters. The van der Waals surface area contributed by atoms with E-state index in [9.17, 15) is 9.90 Å². The van der Waals surface area contributed by atoms with Crippen LogP contribution in [0.4, 0.5) is 0 Å². The third kappa shape index (κ3) is 2.70. The van der Waals surface area contributed by atoms with E-state index in [0.29, 0.717) is 18.8 Å². The van der Waals surface area contributed by atoms with E-state index in [1.165, 1.54) is 0 Å². The summed E-state index contributed by atoms with van der Waals surface area (Å²) in [5.41, 5.74) is 5.37. The van der Waals surface area contributed by atoms with Gasteiger partial charge in [-0.2, -0.15) is 0 Å². The first-order valence-corrected chi connectivity index (χ1v) is 6.34.